The Labute approximate surface area is 278 Å². The second kappa shape index (κ2) is 15.2. The molecule has 6 nitrogen and oxygen atoms in total. The predicted molar refractivity (Wildman–Crippen MR) is 177 cm³/mol. The highest BCUT2D eigenvalue weighted by molar-refractivity contribution is 5.96. The first kappa shape index (κ1) is 34.2. The van der Waals surface area contributed by atoms with Gasteiger partial charge in [-0.25, -0.2) is 4.79 Å². The van der Waals surface area contributed by atoms with Crippen LogP contribution in [0.3, 0.4) is 0 Å². The molecule has 0 saturated carbocycles. The molecule has 0 spiro atoms. The van der Waals surface area contributed by atoms with E-state index in [0.29, 0.717) is 23.4 Å². The van der Waals surface area contributed by atoms with Crippen LogP contribution < -0.4 is 5.32 Å². The van der Waals surface area contributed by atoms with Gasteiger partial charge < -0.3 is 15.0 Å². The zero-order valence-electron chi connectivity index (χ0n) is 26.8. The molecule has 9 heteroatoms. The van der Waals surface area contributed by atoms with E-state index in [9.17, 15) is 27.6 Å². The van der Waals surface area contributed by atoms with E-state index in [4.69, 9.17) is 4.74 Å². The van der Waals surface area contributed by atoms with Gasteiger partial charge in [-0.15, -0.1) is 0 Å². The van der Waals surface area contributed by atoms with Gasteiger partial charge in [0.1, 0.15) is 0 Å². The molecule has 0 aromatic heterocycles. The minimum absolute atomic E-state index is 0.103. The van der Waals surface area contributed by atoms with Gasteiger partial charge >= 0.3 is 12.1 Å². The van der Waals surface area contributed by atoms with Crippen LogP contribution in [-0.2, 0) is 27.0 Å². The molecule has 0 radical (unpaired) electrons. The Morgan fingerprint density at radius 3 is 2.00 bits per heavy atom. The van der Waals surface area contributed by atoms with Crippen LogP contribution in [0.4, 0.5) is 13.2 Å². The number of halogens is 3. The van der Waals surface area contributed by atoms with Gasteiger partial charge in [-0.2, -0.15) is 13.2 Å². The first-order chi connectivity index (χ1) is 23.1. The lowest BCUT2D eigenvalue weighted by atomic mass is 9.83. The summed E-state index contributed by atoms with van der Waals surface area (Å²) in [7, 11) is 0. The number of nitrogens with one attached hydrogen (secondary N) is 1. The zero-order valence-corrected chi connectivity index (χ0v) is 26.8. The molecule has 248 valence electrons. The van der Waals surface area contributed by atoms with Gasteiger partial charge in [0.25, 0.3) is 5.91 Å². The maximum atomic E-state index is 13.4. The second-order valence-corrected chi connectivity index (χ2v) is 11.7. The van der Waals surface area contributed by atoms with E-state index >= 15 is 0 Å². The van der Waals surface area contributed by atoms with Crippen LogP contribution in [0, 0.1) is 0 Å². The molecular formula is C39H37F3N2O4. The minimum Gasteiger partial charge on any atom is -0.463 e. The van der Waals surface area contributed by atoms with Crippen LogP contribution in [-0.4, -0.2) is 35.8 Å². The fraction of sp³-hybridized carbons (Fsp3) is 0.256. The monoisotopic (exact) mass is 654 g/mol. The molecule has 2 amide bonds. The van der Waals surface area contributed by atoms with Crippen molar-refractivity contribution in [3.63, 3.8) is 0 Å². The smallest absolute Gasteiger partial charge is 0.416 e. The number of nitrogens with zero attached hydrogens (tertiary/aromatic N) is 1. The zero-order chi connectivity index (χ0) is 34.3. The van der Waals surface area contributed by atoms with Gasteiger partial charge in [0.15, 0.2) is 0 Å². The SMILES string of the molecule is CCOC(=O)C1=C(C)N(Cc2ccc(C(=O)NCCC(c3ccccc3)c3ccccc3)cc2)C(=O)C[C@@H]1c1ccc(C(F)(F)F)cc1. The van der Waals surface area contributed by atoms with Crippen molar-refractivity contribution in [2.24, 2.45) is 0 Å². The van der Waals surface area contributed by atoms with E-state index in [2.05, 4.69) is 29.6 Å². The third-order valence-electron chi connectivity index (χ3n) is 8.64. The Balaban J connectivity index is 1.27. The summed E-state index contributed by atoms with van der Waals surface area (Å²) in [5.41, 5.74) is 3.79. The maximum Gasteiger partial charge on any atom is 0.416 e. The third-order valence-corrected chi connectivity index (χ3v) is 8.64. The summed E-state index contributed by atoms with van der Waals surface area (Å²) in [6.07, 6.45) is -3.89. The molecule has 48 heavy (non-hydrogen) atoms. The number of carbonyl (C=O) groups excluding carboxylic acids is 3. The largest absolute Gasteiger partial charge is 0.463 e. The maximum absolute atomic E-state index is 13.4. The number of benzene rings is 4. The normalized spacial score (nSPS) is 15.1. The number of rotatable bonds is 11. The van der Waals surface area contributed by atoms with Crippen molar-refractivity contribution in [3.8, 4) is 0 Å². The van der Waals surface area contributed by atoms with Crippen molar-refractivity contribution in [1.29, 1.82) is 0 Å². The van der Waals surface area contributed by atoms with Crippen LogP contribution in [0.15, 0.2) is 120 Å². The van der Waals surface area contributed by atoms with E-state index in [1.54, 1.807) is 38.1 Å². The number of hydrogen-bond acceptors (Lipinski definition) is 4. The molecule has 0 unspecified atom stereocenters. The number of ether oxygens (including phenoxy) is 1. The van der Waals surface area contributed by atoms with Crippen molar-refractivity contribution >= 4 is 17.8 Å². The van der Waals surface area contributed by atoms with Crippen LogP contribution in [0.1, 0.15) is 76.7 Å². The fourth-order valence-corrected chi connectivity index (χ4v) is 6.14. The Kier molecular flexibility index (Phi) is 10.8. The lowest BCUT2D eigenvalue weighted by molar-refractivity contribution is -0.140. The van der Waals surface area contributed by atoms with E-state index in [0.717, 1.165) is 24.1 Å². The minimum atomic E-state index is -4.50. The molecule has 4 aromatic rings. The first-order valence-electron chi connectivity index (χ1n) is 15.9. The molecule has 1 aliphatic heterocycles. The summed E-state index contributed by atoms with van der Waals surface area (Å²) in [5, 5.41) is 3.02. The number of hydrogen-bond donors (Lipinski definition) is 1. The number of esters is 1. The quantitative estimate of drug-likeness (QED) is 0.166. The third kappa shape index (κ3) is 8.02. The lowest BCUT2D eigenvalue weighted by Crippen LogP contribution is -2.38. The number of carbonyl (C=O) groups is 3. The van der Waals surface area contributed by atoms with Crippen LogP contribution >= 0.6 is 0 Å². The average Bonchev–Trinajstić information content (AvgIpc) is 3.09. The summed E-state index contributed by atoms with van der Waals surface area (Å²) in [4.78, 5) is 41.0. The highest BCUT2D eigenvalue weighted by Crippen LogP contribution is 2.39. The average molecular weight is 655 g/mol. The van der Waals surface area contributed by atoms with E-state index < -0.39 is 23.6 Å². The van der Waals surface area contributed by atoms with Gasteiger partial charge in [-0.1, -0.05) is 84.9 Å². The summed E-state index contributed by atoms with van der Waals surface area (Å²) in [6.45, 7) is 4.02. The molecule has 1 atom stereocenters. The Bertz CT molecular complexity index is 1710. The van der Waals surface area contributed by atoms with E-state index in [1.165, 1.54) is 28.2 Å². The molecular weight excluding hydrogens is 617 g/mol. The highest BCUT2D eigenvalue weighted by atomic mass is 19.4. The van der Waals surface area contributed by atoms with Crippen molar-refractivity contribution in [2.45, 2.75) is 51.2 Å². The fourth-order valence-electron chi connectivity index (χ4n) is 6.14. The number of allylic oxidation sites excluding steroid dienone is 1. The van der Waals surface area contributed by atoms with E-state index in [-0.39, 0.29) is 42.9 Å². The van der Waals surface area contributed by atoms with Crippen molar-refractivity contribution in [1.82, 2.24) is 10.2 Å². The molecule has 4 aromatic carbocycles. The van der Waals surface area contributed by atoms with Gasteiger partial charge in [-0.3, -0.25) is 9.59 Å². The van der Waals surface area contributed by atoms with Gasteiger partial charge in [0, 0.05) is 36.1 Å². The van der Waals surface area contributed by atoms with Gasteiger partial charge in [-0.05, 0) is 66.8 Å². The van der Waals surface area contributed by atoms with E-state index in [1.807, 2.05) is 36.4 Å². The van der Waals surface area contributed by atoms with Crippen LogP contribution in [0.5, 0.6) is 0 Å². The van der Waals surface area contributed by atoms with Crippen molar-refractivity contribution in [2.75, 3.05) is 13.2 Å². The van der Waals surface area contributed by atoms with Crippen LogP contribution in [0.25, 0.3) is 0 Å². The van der Waals surface area contributed by atoms with Crippen molar-refractivity contribution < 1.29 is 32.3 Å². The summed E-state index contributed by atoms with van der Waals surface area (Å²) >= 11 is 0. The molecule has 0 bridgehead atoms. The first-order valence-corrected chi connectivity index (χ1v) is 15.9. The Morgan fingerprint density at radius 2 is 1.46 bits per heavy atom. The van der Waals surface area contributed by atoms with Gasteiger partial charge in [0.2, 0.25) is 5.91 Å². The van der Waals surface area contributed by atoms with Crippen molar-refractivity contribution in [3.05, 3.63) is 154 Å². The summed E-state index contributed by atoms with van der Waals surface area (Å²) < 4.78 is 44.8. The molecule has 0 aliphatic carbocycles. The molecule has 1 N–H and O–H groups in total. The molecule has 5 rings (SSSR count). The number of amides is 2. The molecule has 0 saturated heterocycles. The molecule has 0 fully saturated rings. The number of alkyl halides is 3. The lowest BCUT2D eigenvalue weighted by Gasteiger charge is -2.34. The predicted octanol–water partition coefficient (Wildman–Crippen LogP) is 8.01. The Hall–Kier alpha value is -5.18. The molecule has 1 aliphatic rings. The van der Waals surface area contributed by atoms with Gasteiger partial charge in [0.05, 0.1) is 24.3 Å². The summed E-state index contributed by atoms with van der Waals surface area (Å²) in [6, 6.07) is 31.8. The standard InChI is InChI=1S/C39H37F3N2O4/c1-3-48-38(47)36-26(2)44(35(45)24-34(36)30-18-20-32(21-19-30)39(40,41)42)25-27-14-16-31(17-15-27)37(46)43-23-22-33(28-10-6-4-7-11-28)29-12-8-5-9-13-29/h4-21,33-34H,3,22-25H2,1-2H3,(H,43,46)/t34-/m1/s1. The molecule has 1 heterocycles. The highest BCUT2D eigenvalue weighted by Gasteiger charge is 2.37. The van der Waals surface area contributed by atoms with Crippen LogP contribution in [0.2, 0.25) is 0 Å². The second-order valence-electron chi connectivity index (χ2n) is 11.7. The topological polar surface area (TPSA) is 75.7 Å². The summed E-state index contributed by atoms with van der Waals surface area (Å²) in [5.74, 6) is -1.73. The Morgan fingerprint density at radius 1 is 0.875 bits per heavy atom.